The fraction of sp³-hybridized carbons (Fsp3) is 0.211. The Morgan fingerprint density at radius 3 is 2.04 bits per heavy atom. The highest BCUT2D eigenvalue weighted by Gasteiger charge is 2.10. The minimum absolute atomic E-state index is 0.122. The topological polar surface area (TPSA) is 99.3 Å². The molecule has 7 heteroatoms. The van der Waals surface area contributed by atoms with E-state index in [4.69, 9.17) is 0 Å². The van der Waals surface area contributed by atoms with E-state index in [1.165, 1.54) is 0 Å². The van der Waals surface area contributed by atoms with Gasteiger partial charge in [-0.15, -0.1) is 0 Å². The number of nitrogens with one attached hydrogen (secondary N) is 4. The molecule has 0 radical (unpaired) electrons. The van der Waals surface area contributed by atoms with Crippen molar-refractivity contribution in [3.63, 3.8) is 0 Å². The van der Waals surface area contributed by atoms with E-state index in [0.29, 0.717) is 23.5 Å². The monoisotopic (exact) mass is 354 g/mol. The van der Waals surface area contributed by atoms with Gasteiger partial charge in [0.15, 0.2) is 0 Å². The second-order valence-corrected chi connectivity index (χ2v) is 5.57. The molecule has 0 bridgehead atoms. The Labute approximate surface area is 152 Å². The molecule has 2 aromatic rings. The first-order valence-electron chi connectivity index (χ1n) is 8.37. The minimum Gasteiger partial charge on any atom is -0.347 e. The third kappa shape index (κ3) is 6.27. The molecule has 0 unspecified atom stereocenters. The van der Waals surface area contributed by atoms with Gasteiger partial charge in [-0.1, -0.05) is 37.3 Å². The van der Waals surface area contributed by atoms with Gasteiger partial charge in [-0.2, -0.15) is 0 Å². The second-order valence-electron chi connectivity index (χ2n) is 5.57. The third-order valence-corrected chi connectivity index (χ3v) is 3.40. The molecule has 0 aliphatic heterocycles. The second kappa shape index (κ2) is 9.83. The molecule has 0 saturated heterocycles. The number of hydrogen-bond donors (Lipinski definition) is 4. The van der Waals surface area contributed by atoms with Crippen LogP contribution in [0.3, 0.4) is 0 Å². The zero-order chi connectivity index (χ0) is 18.8. The first kappa shape index (κ1) is 19.0. The Balaban J connectivity index is 1.93. The predicted molar refractivity (Wildman–Crippen MR) is 102 cm³/mol. The summed E-state index contributed by atoms with van der Waals surface area (Å²) in [5.41, 5.74) is 1.56. The summed E-state index contributed by atoms with van der Waals surface area (Å²) in [7, 11) is 0. The van der Waals surface area contributed by atoms with Crippen molar-refractivity contribution in [2.45, 2.75) is 19.8 Å². The summed E-state index contributed by atoms with van der Waals surface area (Å²) >= 11 is 0. The normalized spacial score (nSPS) is 9.88. The molecule has 0 spiro atoms. The van der Waals surface area contributed by atoms with Gasteiger partial charge in [0.1, 0.15) is 0 Å². The lowest BCUT2D eigenvalue weighted by molar-refractivity contribution is -0.124. The Kier molecular flexibility index (Phi) is 7.17. The average molecular weight is 354 g/mol. The molecule has 0 saturated carbocycles. The van der Waals surface area contributed by atoms with Gasteiger partial charge in [0.05, 0.1) is 17.9 Å². The van der Waals surface area contributed by atoms with Crippen LogP contribution >= 0.6 is 0 Å². The molecule has 0 fully saturated rings. The summed E-state index contributed by atoms with van der Waals surface area (Å²) in [6, 6.07) is 15.4. The van der Waals surface area contributed by atoms with Crippen LogP contribution in [0.1, 0.15) is 19.8 Å². The van der Waals surface area contributed by atoms with Gasteiger partial charge in [0.25, 0.3) is 0 Å². The van der Waals surface area contributed by atoms with E-state index in [1.54, 1.807) is 36.4 Å². The first-order valence-corrected chi connectivity index (χ1v) is 8.37. The molecule has 0 aliphatic rings. The summed E-state index contributed by atoms with van der Waals surface area (Å²) in [4.78, 5) is 35.5. The van der Waals surface area contributed by atoms with Crippen LogP contribution in [0.5, 0.6) is 0 Å². The maximum Gasteiger partial charge on any atom is 0.323 e. The van der Waals surface area contributed by atoms with Crippen LogP contribution in [0.15, 0.2) is 54.6 Å². The Hall–Kier alpha value is -3.35. The van der Waals surface area contributed by atoms with E-state index in [-0.39, 0.29) is 18.4 Å². The van der Waals surface area contributed by atoms with Crippen LogP contribution in [-0.4, -0.2) is 24.4 Å². The van der Waals surface area contributed by atoms with Crippen LogP contribution in [-0.2, 0) is 9.59 Å². The SMILES string of the molecule is CCCC(=O)NCC(=O)Nc1ccccc1NC(=O)Nc1ccccc1. The van der Waals surface area contributed by atoms with E-state index in [0.717, 1.165) is 6.42 Å². The summed E-state index contributed by atoms with van der Waals surface area (Å²) in [5, 5.41) is 10.6. The lowest BCUT2D eigenvalue weighted by Gasteiger charge is -2.13. The molecule has 0 aliphatic carbocycles. The number of carbonyl (C=O) groups excluding carboxylic acids is 3. The number of amides is 4. The highest BCUT2D eigenvalue weighted by atomic mass is 16.2. The fourth-order valence-corrected chi connectivity index (χ4v) is 2.20. The van der Waals surface area contributed by atoms with E-state index in [2.05, 4.69) is 21.3 Å². The van der Waals surface area contributed by atoms with E-state index >= 15 is 0 Å². The van der Waals surface area contributed by atoms with Crippen LogP contribution in [0.4, 0.5) is 21.9 Å². The number of para-hydroxylation sites is 3. The van der Waals surface area contributed by atoms with Crippen molar-refractivity contribution in [2.75, 3.05) is 22.5 Å². The van der Waals surface area contributed by atoms with Crippen LogP contribution in [0.2, 0.25) is 0 Å². The molecular weight excluding hydrogens is 332 g/mol. The molecule has 4 N–H and O–H groups in total. The van der Waals surface area contributed by atoms with Crippen LogP contribution in [0, 0.1) is 0 Å². The van der Waals surface area contributed by atoms with Gasteiger partial charge in [-0.25, -0.2) is 4.79 Å². The summed E-state index contributed by atoms with van der Waals surface area (Å²) < 4.78 is 0. The third-order valence-electron chi connectivity index (χ3n) is 3.40. The van der Waals surface area contributed by atoms with E-state index in [1.807, 2.05) is 25.1 Å². The predicted octanol–water partition coefficient (Wildman–Crippen LogP) is 3.19. The van der Waals surface area contributed by atoms with E-state index < -0.39 is 6.03 Å². The molecule has 0 aromatic heterocycles. The van der Waals surface area contributed by atoms with Gasteiger partial charge >= 0.3 is 6.03 Å². The molecule has 4 amide bonds. The largest absolute Gasteiger partial charge is 0.347 e. The summed E-state index contributed by atoms with van der Waals surface area (Å²) in [5.74, 6) is -0.538. The number of anilines is 3. The molecule has 26 heavy (non-hydrogen) atoms. The van der Waals surface area contributed by atoms with Crippen molar-refractivity contribution in [3.05, 3.63) is 54.6 Å². The fourth-order valence-electron chi connectivity index (χ4n) is 2.20. The van der Waals surface area contributed by atoms with E-state index in [9.17, 15) is 14.4 Å². The zero-order valence-corrected chi connectivity index (χ0v) is 14.5. The Bertz CT molecular complexity index is 762. The molecule has 2 aromatic carbocycles. The molecule has 0 atom stereocenters. The van der Waals surface area contributed by atoms with Gasteiger partial charge in [-0.05, 0) is 30.7 Å². The molecular formula is C19H22N4O3. The number of carbonyl (C=O) groups is 3. The average Bonchev–Trinajstić information content (AvgIpc) is 2.63. The highest BCUT2D eigenvalue weighted by Crippen LogP contribution is 2.21. The standard InChI is InChI=1S/C19H22N4O3/c1-2-8-17(24)20-13-18(25)22-15-11-6-7-12-16(15)23-19(26)21-14-9-4-3-5-10-14/h3-7,9-12H,2,8,13H2,1H3,(H,20,24)(H,22,25)(H2,21,23,26). The molecule has 7 nitrogen and oxygen atoms in total. The number of urea groups is 1. The smallest absolute Gasteiger partial charge is 0.323 e. The molecule has 2 rings (SSSR count). The molecule has 0 heterocycles. The van der Waals surface area contributed by atoms with Crippen LogP contribution in [0.25, 0.3) is 0 Å². The number of rotatable bonds is 7. The number of benzene rings is 2. The van der Waals surface area contributed by atoms with Crippen molar-refractivity contribution in [2.24, 2.45) is 0 Å². The maximum absolute atomic E-state index is 12.1. The van der Waals surface area contributed by atoms with Gasteiger partial charge < -0.3 is 21.3 Å². The Morgan fingerprint density at radius 2 is 1.38 bits per heavy atom. The van der Waals surface area contributed by atoms with Gasteiger partial charge in [0, 0.05) is 12.1 Å². The number of hydrogen-bond acceptors (Lipinski definition) is 3. The lowest BCUT2D eigenvalue weighted by atomic mass is 10.2. The minimum atomic E-state index is -0.422. The summed E-state index contributed by atoms with van der Waals surface area (Å²) in [6.45, 7) is 1.77. The zero-order valence-electron chi connectivity index (χ0n) is 14.5. The van der Waals surface area contributed by atoms with Crippen molar-refractivity contribution < 1.29 is 14.4 Å². The highest BCUT2D eigenvalue weighted by molar-refractivity contribution is 6.04. The van der Waals surface area contributed by atoms with Gasteiger partial charge in [-0.3, -0.25) is 9.59 Å². The van der Waals surface area contributed by atoms with Crippen molar-refractivity contribution in [1.82, 2.24) is 5.32 Å². The Morgan fingerprint density at radius 1 is 0.769 bits per heavy atom. The quantitative estimate of drug-likeness (QED) is 0.614. The summed E-state index contributed by atoms with van der Waals surface area (Å²) in [6.07, 6.45) is 1.10. The maximum atomic E-state index is 12.1. The van der Waals surface area contributed by atoms with Gasteiger partial charge in [0.2, 0.25) is 11.8 Å². The van der Waals surface area contributed by atoms with Crippen LogP contribution < -0.4 is 21.3 Å². The first-order chi connectivity index (χ1) is 12.6. The van der Waals surface area contributed by atoms with Crippen molar-refractivity contribution >= 4 is 34.9 Å². The molecule has 136 valence electrons. The lowest BCUT2D eigenvalue weighted by Crippen LogP contribution is -2.32. The van der Waals surface area contributed by atoms with Crippen molar-refractivity contribution in [3.8, 4) is 0 Å². The van der Waals surface area contributed by atoms with Crippen molar-refractivity contribution in [1.29, 1.82) is 0 Å².